The van der Waals surface area contributed by atoms with Crippen molar-refractivity contribution >= 4 is 53.6 Å². The highest BCUT2D eigenvalue weighted by Crippen LogP contribution is 2.23. The van der Waals surface area contributed by atoms with Gasteiger partial charge in [-0.05, 0) is 64.8 Å². The first-order valence-electron chi connectivity index (χ1n) is 4.51. The Morgan fingerprint density at radius 3 is 2.50 bits per heavy atom. The molecule has 1 aromatic rings. The number of oxime groups is 1. The zero-order chi connectivity index (χ0) is 12.3. The number of thiophene rings is 1. The molecular weight excluding hydrogens is 358 g/mol. The Bertz CT molecular complexity index is 421. The van der Waals surface area contributed by atoms with Crippen molar-refractivity contribution in [3.8, 4) is 0 Å². The van der Waals surface area contributed by atoms with Gasteiger partial charge < -0.3 is 4.84 Å². The molecule has 0 aliphatic carbocycles. The molecule has 0 bridgehead atoms. The normalized spacial score (nSPS) is 12.7. The molecule has 0 unspecified atom stereocenters. The van der Waals surface area contributed by atoms with Gasteiger partial charge in [0, 0.05) is 0 Å². The van der Waals surface area contributed by atoms with E-state index in [0.29, 0.717) is 4.88 Å². The average molecular weight is 369 g/mol. The number of hydrogen-bond donors (Lipinski definition) is 0. The van der Waals surface area contributed by atoms with Crippen molar-refractivity contribution in [2.75, 3.05) is 0 Å². The van der Waals surface area contributed by atoms with Crippen LogP contribution < -0.4 is 0 Å². The second kappa shape index (κ2) is 5.42. The molecule has 3 nitrogen and oxygen atoms in total. The fourth-order valence-corrected chi connectivity index (χ4v) is 2.50. The van der Waals surface area contributed by atoms with E-state index in [-0.39, 0.29) is 10.4 Å². The van der Waals surface area contributed by atoms with Crippen LogP contribution in [0.2, 0.25) is 0 Å². The molecule has 1 heterocycles. The van der Waals surface area contributed by atoms with Crippen LogP contribution in [0.5, 0.6) is 0 Å². The van der Waals surface area contributed by atoms with Crippen LogP contribution in [0.3, 0.4) is 0 Å². The fourth-order valence-electron chi connectivity index (χ4n) is 0.756. The third-order valence-electron chi connectivity index (χ3n) is 1.38. The number of halogens is 2. The molecule has 16 heavy (non-hydrogen) atoms. The maximum atomic E-state index is 11.8. The van der Waals surface area contributed by atoms with Gasteiger partial charge in [-0.25, -0.2) is 0 Å². The van der Waals surface area contributed by atoms with Crippen molar-refractivity contribution in [1.82, 2.24) is 0 Å². The molecule has 0 radical (unpaired) electrons. The monoisotopic (exact) mass is 367 g/mol. The molecule has 0 fully saturated rings. The minimum Gasteiger partial charge on any atom is -0.389 e. The predicted molar refractivity (Wildman–Crippen MR) is 73.5 cm³/mol. The highest BCUT2D eigenvalue weighted by Gasteiger charge is 2.16. The lowest BCUT2D eigenvalue weighted by molar-refractivity contribution is 0.00157. The lowest BCUT2D eigenvalue weighted by Gasteiger charge is -2.15. The number of nitrogens with zero attached hydrogens (tertiary/aromatic N) is 1. The molecule has 0 aliphatic heterocycles. The smallest absolute Gasteiger partial charge is 0.231 e. The van der Waals surface area contributed by atoms with E-state index in [4.69, 9.17) is 4.84 Å². The largest absolute Gasteiger partial charge is 0.389 e. The Labute approximate surface area is 115 Å². The van der Waals surface area contributed by atoms with Crippen molar-refractivity contribution in [3.63, 3.8) is 0 Å². The Morgan fingerprint density at radius 2 is 2.06 bits per heavy atom. The second-order valence-corrected chi connectivity index (χ2v) is 7.23. The van der Waals surface area contributed by atoms with Crippen molar-refractivity contribution in [2.45, 2.75) is 26.4 Å². The maximum absolute atomic E-state index is 11.8. The van der Waals surface area contributed by atoms with Crippen LogP contribution in [-0.4, -0.2) is 16.0 Å². The summed E-state index contributed by atoms with van der Waals surface area (Å²) in [5.74, 6) is -0.181. The average Bonchev–Trinajstić information content (AvgIpc) is 2.59. The van der Waals surface area contributed by atoms with Crippen molar-refractivity contribution < 1.29 is 9.63 Å². The summed E-state index contributed by atoms with van der Waals surface area (Å²) in [5, 5.41) is 3.76. The van der Waals surface area contributed by atoms with Crippen LogP contribution >= 0.6 is 43.2 Å². The number of carbonyl (C=O) groups is 1. The van der Waals surface area contributed by atoms with Gasteiger partial charge in [-0.2, -0.15) is 0 Å². The van der Waals surface area contributed by atoms with Crippen LogP contribution in [0, 0.1) is 0 Å². The van der Waals surface area contributed by atoms with E-state index in [1.807, 2.05) is 26.8 Å². The lowest BCUT2D eigenvalue weighted by Crippen LogP contribution is -2.17. The predicted octanol–water partition coefficient (Wildman–Crippen LogP) is 4.22. The highest BCUT2D eigenvalue weighted by atomic mass is 79.9. The molecule has 0 saturated carbocycles. The Hall–Kier alpha value is -0.200. The van der Waals surface area contributed by atoms with Gasteiger partial charge in [-0.15, -0.1) is 11.3 Å². The molecule has 1 rings (SSSR count). The first-order chi connectivity index (χ1) is 7.29. The minimum atomic E-state index is -0.407. The summed E-state index contributed by atoms with van der Waals surface area (Å²) in [5.41, 5.74) is -0.407. The molecule has 0 amide bonds. The topological polar surface area (TPSA) is 38.7 Å². The second-order valence-electron chi connectivity index (χ2n) is 4.02. The van der Waals surface area contributed by atoms with E-state index in [1.165, 1.54) is 11.3 Å². The number of hydrogen-bond acceptors (Lipinski definition) is 4. The third kappa shape index (κ3) is 4.35. The van der Waals surface area contributed by atoms with Gasteiger partial charge in [-0.1, -0.05) is 5.16 Å². The summed E-state index contributed by atoms with van der Waals surface area (Å²) in [6, 6.07) is 3.56. The zero-order valence-electron chi connectivity index (χ0n) is 9.08. The number of ketones is 1. The Balaban J connectivity index is 2.75. The van der Waals surface area contributed by atoms with Crippen molar-refractivity contribution in [3.05, 3.63) is 20.8 Å². The summed E-state index contributed by atoms with van der Waals surface area (Å²) in [6.07, 6.45) is 0. The Morgan fingerprint density at radius 1 is 1.44 bits per heavy atom. The van der Waals surface area contributed by atoms with E-state index >= 15 is 0 Å². The summed E-state index contributed by atoms with van der Waals surface area (Å²) in [4.78, 5) is 17.6. The summed E-state index contributed by atoms with van der Waals surface area (Å²) < 4.78 is 1.09. The molecule has 1 aromatic heterocycles. The van der Waals surface area contributed by atoms with Crippen molar-refractivity contribution in [2.24, 2.45) is 5.16 Å². The Kier molecular flexibility index (Phi) is 4.70. The first kappa shape index (κ1) is 13.9. The van der Waals surface area contributed by atoms with E-state index in [9.17, 15) is 4.79 Å². The van der Waals surface area contributed by atoms with E-state index in [0.717, 1.165) is 3.79 Å². The van der Waals surface area contributed by atoms with Gasteiger partial charge in [0.05, 0.1) is 8.66 Å². The fraction of sp³-hybridized carbons (Fsp3) is 0.400. The number of Topliss-reactive ketones (excluding diaryl/α,β-unsaturated/α-hetero) is 1. The molecule has 0 atom stereocenters. The highest BCUT2D eigenvalue weighted by molar-refractivity contribution is 9.19. The van der Waals surface area contributed by atoms with Crippen LogP contribution in [0.1, 0.15) is 30.4 Å². The van der Waals surface area contributed by atoms with E-state index in [1.54, 1.807) is 6.07 Å². The van der Waals surface area contributed by atoms with Crippen LogP contribution in [0.25, 0.3) is 0 Å². The molecule has 0 aromatic carbocycles. The zero-order valence-corrected chi connectivity index (χ0v) is 13.1. The summed E-state index contributed by atoms with van der Waals surface area (Å²) >= 11 is 7.77. The summed E-state index contributed by atoms with van der Waals surface area (Å²) in [6.45, 7) is 5.59. The van der Waals surface area contributed by atoms with Crippen LogP contribution in [0.4, 0.5) is 0 Å². The third-order valence-corrected chi connectivity index (χ3v) is 3.51. The van der Waals surface area contributed by atoms with Gasteiger partial charge in [0.2, 0.25) is 5.78 Å². The molecule has 0 aliphatic rings. The minimum absolute atomic E-state index is 0.178. The quantitative estimate of drug-likeness (QED) is 0.455. The van der Waals surface area contributed by atoms with Gasteiger partial charge in [0.15, 0.2) is 4.62 Å². The van der Waals surface area contributed by atoms with E-state index in [2.05, 4.69) is 37.0 Å². The molecule has 0 saturated heterocycles. The SMILES string of the molecule is CC(C)(C)O/N=C(\Br)C(=O)c1ccc(Br)s1. The standard InChI is InChI=1S/C10H11Br2NO2S/c1-10(2,3)15-13-9(12)8(14)6-4-5-7(11)16-6/h4-5H,1-3H3/b13-9-. The van der Waals surface area contributed by atoms with Gasteiger partial charge in [-0.3, -0.25) is 4.79 Å². The van der Waals surface area contributed by atoms with Crippen molar-refractivity contribution in [1.29, 1.82) is 0 Å². The molecule has 88 valence electrons. The van der Waals surface area contributed by atoms with E-state index < -0.39 is 5.60 Å². The molecule has 6 heteroatoms. The molecule has 0 N–H and O–H groups in total. The number of rotatable bonds is 3. The first-order valence-corrected chi connectivity index (χ1v) is 6.91. The van der Waals surface area contributed by atoms with Gasteiger partial charge >= 0.3 is 0 Å². The van der Waals surface area contributed by atoms with Crippen LogP contribution in [-0.2, 0) is 4.84 Å². The van der Waals surface area contributed by atoms with Gasteiger partial charge in [0.1, 0.15) is 5.60 Å². The lowest BCUT2D eigenvalue weighted by atomic mass is 10.2. The van der Waals surface area contributed by atoms with Gasteiger partial charge in [0.25, 0.3) is 0 Å². The number of carbonyl (C=O) groups excluding carboxylic acids is 1. The summed E-state index contributed by atoms with van der Waals surface area (Å²) in [7, 11) is 0. The molecule has 0 spiro atoms. The molecular formula is C10H11Br2NO2S. The van der Waals surface area contributed by atoms with Crippen LogP contribution in [0.15, 0.2) is 21.1 Å². The maximum Gasteiger partial charge on any atom is 0.231 e.